The summed E-state index contributed by atoms with van der Waals surface area (Å²) in [5.74, 6) is -0.0963. The Balaban J connectivity index is 1.54. The van der Waals surface area contributed by atoms with Gasteiger partial charge in [0.25, 0.3) is 5.91 Å². The van der Waals surface area contributed by atoms with E-state index in [1.165, 1.54) is 5.56 Å². The molecule has 0 unspecified atom stereocenters. The van der Waals surface area contributed by atoms with Crippen LogP contribution in [0.2, 0.25) is 5.02 Å². The number of rotatable bonds is 6. The first-order valence-electron chi connectivity index (χ1n) is 7.46. The minimum atomic E-state index is -0.0963. The zero-order chi connectivity index (χ0) is 15.4. The number of hydrogen-bond donors (Lipinski definition) is 2. The average molecular weight is 316 g/mol. The summed E-state index contributed by atoms with van der Waals surface area (Å²) in [7, 11) is 0. The lowest BCUT2D eigenvalue weighted by atomic mass is 10.1. The number of hydrogen-bond acceptors (Lipinski definition) is 3. The third-order valence-corrected chi connectivity index (χ3v) is 3.77. The van der Waals surface area contributed by atoms with E-state index in [9.17, 15) is 4.79 Å². The fourth-order valence-electron chi connectivity index (χ4n) is 2.20. The molecular formula is C17H18ClN3O. The summed E-state index contributed by atoms with van der Waals surface area (Å²) < 4.78 is 0. The largest absolute Gasteiger partial charge is 0.385 e. The Hall–Kier alpha value is -2.07. The summed E-state index contributed by atoms with van der Waals surface area (Å²) in [5.41, 5.74) is 2.54. The molecule has 2 aromatic rings. The number of nitrogens with zero attached hydrogens (tertiary/aromatic N) is 1. The normalized spacial score (nSPS) is 13.7. The van der Waals surface area contributed by atoms with Crippen molar-refractivity contribution in [2.45, 2.75) is 25.3 Å². The number of carbonyl (C=O) groups is 1. The molecule has 1 aliphatic carbocycles. The molecule has 22 heavy (non-hydrogen) atoms. The van der Waals surface area contributed by atoms with Crippen molar-refractivity contribution in [3.05, 3.63) is 58.9 Å². The highest BCUT2D eigenvalue weighted by Gasteiger charge is 2.24. The molecule has 1 amide bonds. The molecule has 0 saturated heterocycles. The number of anilines is 1. The molecule has 5 heteroatoms. The SMILES string of the molecule is O=C(NC1CC1)c1cc(NCCc2cccc(Cl)c2)ccn1. The van der Waals surface area contributed by atoms with Crippen LogP contribution in [0.25, 0.3) is 0 Å². The van der Waals surface area contributed by atoms with Gasteiger partial charge in [0, 0.05) is 29.5 Å². The molecule has 4 nitrogen and oxygen atoms in total. The van der Waals surface area contributed by atoms with Gasteiger partial charge in [0.05, 0.1) is 0 Å². The fraction of sp³-hybridized carbons (Fsp3) is 0.294. The summed E-state index contributed by atoms with van der Waals surface area (Å²) >= 11 is 5.97. The zero-order valence-corrected chi connectivity index (χ0v) is 12.9. The Bertz CT molecular complexity index is 670. The second-order valence-electron chi connectivity index (χ2n) is 5.48. The van der Waals surface area contributed by atoms with Gasteiger partial charge in [0.2, 0.25) is 0 Å². The van der Waals surface area contributed by atoms with Crippen LogP contribution in [0, 0.1) is 0 Å². The predicted octanol–water partition coefficient (Wildman–Crippen LogP) is 3.28. The lowest BCUT2D eigenvalue weighted by Gasteiger charge is -2.08. The Morgan fingerprint density at radius 2 is 2.14 bits per heavy atom. The monoisotopic (exact) mass is 315 g/mol. The second kappa shape index (κ2) is 6.79. The first kappa shape index (κ1) is 14.9. The van der Waals surface area contributed by atoms with Gasteiger partial charge in [-0.25, -0.2) is 0 Å². The van der Waals surface area contributed by atoms with E-state index in [1.54, 1.807) is 12.3 Å². The number of carbonyl (C=O) groups excluding carboxylic acids is 1. The van der Waals surface area contributed by atoms with Crippen LogP contribution in [0.3, 0.4) is 0 Å². The highest BCUT2D eigenvalue weighted by Crippen LogP contribution is 2.19. The number of benzene rings is 1. The first-order valence-corrected chi connectivity index (χ1v) is 7.84. The molecule has 1 aliphatic rings. The maximum absolute atomic E-state index is 12.0. The van der Waals surface area contributed by atoms with Gasteiger partial charge in [-0.05, 0) is 49.1 Å². The third-order valence-electron chi connectivity index (χ3n) is 3.54. The van der Waals surface area contributed by atoms with Crippen LogP contribution in [0.5, 0.6) is 0 Å². The molecule has 0 radical (unpaired) electrons. The lowest BCUT2D eigenvalue weighted by molar-refractivity contribution is 0.0946. The van der Waals surface area contributed by atoms with Gasteiger partial charge >= 0.3 is 0 Å². The Kier molecular flexibility index (Phi) is 4.59. The second-order valence-corrected chi connectivity index (χ2v) is 5.92. The van der Waals surface area contributed by atoms with Crippen LogP contribution >= 0.6 is 11.6 Å². The van der Waals surface area contributed by atoms with Crippen molar-refractivity contribution in [3.8, 4) is 0 Å². The van der Waals surface area contributed by atoms with Crippen LogP contribution in [0.4, 0.5) is 5.69 Å². The molecule has 1 aromatic heterocycles. The van der Waals surface area contributed by atoms with Crippen LogP contribution in [0.15, 0.2) is 42.6 Å². The molecule has 1 heterocycles. The quantitative estimate of drug-likeness (QED) is 0.860. The van der Waals surface area contributed by atoms with Gasteiger partial charge < -0.3 is 10.6 Å². The molecule has 2 N–H and O–H groups in total. The third kappa shape index (κ3) is 4.21. The van der Waals surface area contributed by atoms with Crippen molar-refractivity contribution in [3.63, 3.8) is 0 Å². The van der Waals surface area contributed by atoms with Crippen LogP contribution in [-0.2, 0) is 6.42 Å². The highest BCUT2D eigenvalue weighted by atomic mass is 35.5. The molecule has 1 aromatic carbocycles. The minimum Gasteiger partial charge on any atom is -0.385 e. The number of pyridine rings is 1. The summed E-state index contributed by atoms with van der Waals surface area (Å²) in [5, 5.41) is 7.01. The molecule has 0 aliphatic heterocycles. The smallest absolute Gasteiger partial charge is 0.270 e. The van der Waals surface area contributed by atoms with Crippen LogP contribution < -0.4 is 10.6 Å². The van der Waals surface area contributed by atoms with Crippen LogP contribution in [0.1, 0.15) is 28.9 Å². The molecule has 1 fully saturated rings. The molecule has 0 spiro atoms. The topological polar surface area (TPSA) is 54.0 Å². The van der Waals surface area contributed by atoms with Gasteiger partial charge in [0.15, 0.2) is 0 Å². The van der Waals surface area contributed by atoms with E-state index in [0.29, 0.717) is 11.7 Å². The van der Waals surface area contributed by atoms with E-state index >= 15 is 0 Å². The Morgan fingerprint density at radius 3 is 2.91 bits per heavy atom. The molecule has 114 valence electrons. The van der Waals surface area contributed by atoms with Gasteiger partial charge in [-0.15, -0.1) is 0 Å². The van der Waals surface area contributed by atoms with Crippen molar-refractivity contribution >= 4 is 23.2 Å². The number of aromatic nitrogens is 1. The maximum atomic E-state index is 12.0. The molecule has 1 saturated carbocycles. The van der Waals surface area contributed by atoms with E-state index in [2.05, 4.69) is 21.7 Å². The minimum absolute atomic E-state index is 0.0963. The average Bonchev–Trinajstić information content (AvgIpc) is 3.32. The van der Waals surface area contributed by atoms with E-state index < -0.39 is 0 Å². The highest BCUT2D eigenvalue weighted by molar-refractivity contribution is 6.30. The van der Waals surface area contributed by atoms with E-state index in [4.69, 9.17) is 11.6 Å². The van der Waals surface area contributed by atoms with Gasteiger partial charge in [-0.3, -0.25) is 9.78 Å². The van der Waals surface area contributed by atoms with E-state index in [1.807, 2.05) is 24.3 Å². The fourth-order valence-corrected chi connectivity index (χ4v) is 2.41. The summed E-state index contributed by atoms with van der Waals surface area (Å²) in [6.07, 6.45) is 4.67. The van der Waals surface area contributed by atoms with Gasteiger partial charge in [0.1, 0.15) is 5.69 Å². The Labute approximate surface area is 134 Å². The van der Waals surface area contributed by atoms with Crippen molar-refractivity contribution in [2.24, 2.45) is 0 Å². The van der Waals surface area contributed by atoms with Crippen molar-refractivity contribution < 1.29 is 4.79 Å². The van der Waals surface area contributed by atoms with Crippen LogP contribution in [-0.4, -0.2) is 23.5 Å². The van der Waals surface area contributed by atoms with E-state index in [-0.39, 0.29) is 5.91 Å². The predicted molar refractivity (Wildman–Crippen MR) is 88.4 cm³/mol. The molecule has 0 atom stereocenters. The number of amides is 1. The van der Waals surface area contributed by atoms with E-state index in [0.717, 1.165) is 36.5 Å². The summed E-state index contributed by atoms with van der Waals surface area (Å²) in [4.78, 5) is 16.1. The Morgan fingerprint density at radius 1 is 1.27 bits per heavy atom. The van der Waals surface area contributed by atoms with Crippen molar-refractivity contribution in [2.75, 3.05) is 11.9 Å². The lowest BCUT2D eigenvalue weighted by Crippen LogP contribution is -2.26. The summed E-state index contributed by atoms with van der Waals surface area (Å²) in [6, 6.07) is 11.8. The maximum Gasteiger partial charge on any atom is 0.270 e. The zero-order valence-electron chi connectivity index (χ0n) is 12.2. The standard InChI is InChI=1S/C17H18ClN3O/c18-13-3-1-2-12(10-13)6-8-19-15-7-9-20-16(11-15)17(22)21-14-4-5-14/h1-3,7,9-11,14H,4-6,8H2,(H,19,20)(H,21,22). The van der Waals surface area contributed by atoms with Gasteiger partial charge in [-0.1, -0.05) is 23.7 Å². The van der Waals surface area contributed by atoms with Crippen molar-refractivity contribution in [1.82, 2.24) is 10.3 Å². The summed E-state index contributed by atoms with van der Waals surface area (Å²) in [6.45, 7) is 0.772. The van der Waals surface area contributed by atoms with Gasteiger partial charge in [-0.2, -0.15) is 0 Å². The molecule has 0 bridgehead atoms. The molecular weight excluding hydrogens is 298 g/mol. The number of halogens is 1. The number of nitrogens with one attached hydrogen (secondary N) is 2. The first-order chi connectivity index (χ1) is 10.7. The molecule has 3 rings (SSSR count). The van der Waals surface area contributed by atoms with Crippen molar-refractivity contribution in [1.29, 1.82) is 0 Å².